The molecule has 5 aromatic rings. The van der Waals surface area contributed by atoms with Crippen LogP contribution in [0.3, 0.4) is 0 Å². The SMILES string of the molecule is CCOC(=O)Cn1c(O)c(N=NC(=O)CNC(=O)n2c(-c3ccccn3)nc3ccccc32)c2ccccc21. The minimum Gasteiger partial charge on any atom is -0.493 e. The summed E-state index contributed by atoms with van der Waals surface area (Å²) >= 11 is 0. The molecule has 0 saturated heterocycles. The van der Waals surface area contributed by atoms with Gasteiger partial charge in [-0.1, -0.05) is 36.4 Å². The summed E-state index contributed by atoms with van der Waals surface area (Å²) in [4.78, 5) is 46.5. The maximum atomic E-state index is 13.2. The minimum atomic E-state index is -0.756. The molecule has 12 nitrogen and oxygen atoms in total. The maximum Gasteiger partial charge on any atom is 0.328 e. The zero-order valence-corrected chi connectivity index (χ0v) is 20.8. The molecule has 0 aliphatic carbocycles. The maximum absolute atomic E-state index is 13.2. The molecule has 196 valence electrons. The van der Waals surface area contributed by atoms with Gasteiger partial charge in [0.25, 0.3) is 5.91 Å². The Morgan fingerprint density at radius 1 is 1.00 bits per heavy atom. The van der Waals surface area contributed by atoms with E-state index in [-0.39, 0.29) is 24.7 Å². The summed E-state index contributed by atoms with van der Waals surface area (Å²) in [5.74, 6) is -1.31. The largest absolute Gasteiger partial charge is 0.493 e. The van der Waals surface area contributed by atoms with Gasteiger partial charge < -0.3 is 15.2 Å². The molecule has 0 radical (unpaired) electrons. The lowest BCUT2D eigenvalue weighted by atomic mass is 10.2. The summed E-state index contributed by atoms with van der Waals surface area (Å²) in [6.07, 6.45) is 1.60. The van der Waals surface area contributed by atoms with Crippen LogP contribution in [0.4, 0.5) is 10.5 Å². The number of esters is 1. The highest BCUT2D eigenvalue weighted by molar-refractivity contribution is 5.97. The predicted octanol–water partition coefficient (Wildman–Crippen LogP) is 4.19. The van der Waals surface area contributed by atoms with Crippen molar-refractivity contribution in [2.45, 2.75) is 13.5 Å². The Kier molecular flexibility index (Phi) is 7.08. The molecule has 0 aliphatic rings. The Balaban J connectivity index is 1.36. The van der Waals surface area contributed by atoms with Crippen LogP contribution in [0.5, 0.6) is 5.88 Å². The zero-order valence-electron chi connectivity index (χ0n) is 20.8. The van der Waals surface area contributed by atoms with Crippen LogP contribution in [0.2, 0.25) is 0 Å². The Labute approximate surface area is 221 Å². The van der Waals surface area contributed by atoms with Crippen molar-refractivity contribution >= 4 is 45.5 Å². The third-order valence-electron chi connectivity index (χ3n) is 5.82. The molecule has 39 heavy (non-hydrogen) atoms. The number of hydrogen-bond donors (Lipinski definition) is 2. The zero-order chi connectivity index (χ0) is 27.4. The van der Waals surface area contributed by atoms with Crippen LogP contribution in [0.15, 0.2) is 83.2 Å². The Morgan fingerprint density at radius 2 is 1.74 bits per heavy atom. The van der Waals surface area contributed by atoms with E-state index in [0.717, 1.165) is 0 Å². The molecule has 0 fully saturated rings. The summed E-state index contributed by atoms with van der Waals surface area (Å²) in [7, 11) is 0. The number of fused-ring (bicyclic) bond motifs is 2. The van der Waals surface area contributed by atoms with Gasteiger partial charge in [-0.3, -0.25) is 19.1 Å². The topological polar surface area (TPSA) is 153 Å². The Bertz CT molecular complexity index is 1720. The van der Waals surface area contributed by atoms with Gasteiger partial charge in [0.05, 0.1) is 23.2 Å². The number of azo groups is 1. The van der Waals surface area contributed by atoms with E-state index in [2.05, 4.69) is 25.5 Å². The second-order valence-corrected chi connectivity index (χ2v) is 8.31. The van der Waals surface area contributed by atoms with Crippen molar-refractivity contribution in [3.8, 4) is 17.4 Å². The number of nitrogens with zero attached hydrogens (tertiary/aromatic N) is 6. The van der Waals surface area contributed by atoms with Gasteiger partial charge in [-0.15, -0.1) is 10.2 Å². The van der Waals surface area contributed by atoms with Crippen LogP contribution in [-0.2, 0) is 20.9 Å². The fourth-order valence-corrected chi connectivity index (χ4v) is 4.14. The van der Waals surface area contributed by atoms with Gasteiger partial charge in [0.2, 0.25) is 5.88 Å². The predicted molar refractivity (Wildman–Crippen MR) is 142 cm³/mol. The van der Waals surface area contributed by atoms with Crippen LogP contribution in [-0.4, -0.2) is 55.3 Å². The minimum absolute atomic E-state index is 0.0209. The van der Waals surface area contributed by atoms with Gasteiger partial charge in [-0.05, 0) is 37.3 Å². The van der Waals surface area contributed by atoms with E-state index in [1.807, 2.05) is 6.07 Å². The van der Waals surface area contributed by atoms with E-state index < -0.39 is 24.5 Å². The molecule has 5 rings (SSSR count). The van der Waals surface area contributed by atoms with E-state index in [4.69, 9.17) is 4.74 Å². The molecule has 0 bridgehead atoms. The van der Waals surface area contributed by atoms with Crippen molar-refractivity contribution in [3.63, 3.8) is 0 Å². The molecular formula is C27H23N7O5. The Morgan fingerprint density at radius 3 is 2.51 bits per heavy atom. The number of amides is 2. The average Bonchev–Trinajstić information content (AvgIpc) is 3.47. The van der Waals surface area contributed by atoms with Crippen LogP contribution >= 0.6 is 0 Å². The number of pyridine rings is 1. The lowest BCUT2D eigenvalue weighted by Gasteiger charge is -2.08. The summed E-state index contributed by atoms with van der Waals surface area (Å²) in [6.45, 7) is 1.18. The molecule has 0 saturated carbocycles. The first-order valence-corrected chi connectivity index (χ1v) is 12.1. The normalized spacial score (nSPS) is 11.3. The lowest BCUT2D eigenvalue weighted by molar-refractivity contribution is -0.143. The molecule has 12 heteroatoms. The number of carbonyl (C=O) groups is 3. The second kappa shape index (κ2) is 10.9. The quantitative estimate of drug-likeness (QED) is 0.239. The molecule has 3 heterocycles. The van der Waals surface area contributed by atoms with Gasteiger partial charge in [0.15, 0.2) is 11.5 Å². The third kappa shape index (κ3) is 5.07. The molecule has 0 atom stereocenters. The highest BCUT2D eigenvalue weighted by Crippen LogP contribution is 2.38. The van der Waals surface area contributed by atoms with Crippen LogP contribution in [0.25, 0.3) is 33.5 Å². The number of aromatic nitrogens is 4. The number of ether oxygens (including phenoxy) is 1. The van der Waals surface area contributed by atoms with Gasteiger partial charge in [0.1, 0.15) is 18.8 Å². The number of aromatic hydroxyl groups is 1. The highest BCUT2D eigenvalue weighted by atomic mass is 16.5. The lowest BCUT2D eigenvalue weighted by Crippen LogP contribution is -2.32. The van der Waals surface area contributed by atoms with E-state index in [1.54, 1.807) is 73.8 Å². The molecular weight excluding hydrogens is 502 g/mol. The first-order valence-electron chi connectivity index (χ1n) is 12.1. The van der Waals surface area contributed by atoms with E-state index >= 15 is 0 Å². The smallest absolute Gasteiger partial charge is 0.328 e. The number of para-hydroxylation sites is 3. The van der Waals surface area contributed by atoms with E-state index in [0.29, 0.717) is 33.5 Å². The molecule has 2 N–H and O–H groups in total. The molecule has 2 amide bonds. The number of nitrogens with one attached hydrogen (secondary N) is 1. The van der Waals surface area contributed by atoms with Gasteiger partial charge in [-0.2, -0.15) is 0 Å². The standard InChI is InChI=1S/C27H23N7O5/c1-2-39-23(36)16-33-20-12-5-3-9-17(20)24(26(33)37)32-31-22(35)15-29-27(38)34-21-13-6-4-10-18(21)30-25(34)19-11-7-8-14-28-19/h3-14,37H,2,15-16H2,1H3,(H,29,38). The molecule has 0 aliphatic heterocycles. The van der Waals surface area contributed by atoms with Crippen molar-refractivity contribution in [2.75, 3.05) is 13.2 Å². The van der Waals surface area contributed by atoms with Crippen LogP contribution in [0, 0.1) is 0 Å². The average molecular weight is 526 g/mol. The van der Waals surface area contributed by atoms with Gasteiger partial charge in [0, 0.05) is 11.6 Å². The highest BCUT2D eigenvalue weighted by Gasteiger charge is 2.21. The second-order valence-electron chi connectivity index (χ2n) is 8.31. The molecule has 0 spiro atoms. The van der Waals surface area contributed by atoms with Crippen molar-refractivity contribution in [1.29, 1.82) is 0 Å². The molecule has 2 aromatic carbocycles. The van der Waals surface area contributed by atoms with Gasteiger partial charge >= 0.3 is 12.0 Å². The Hall–Kier alpha value is -5.39. The number of imidazole rings is 1. The first-order chi connectivity index (χ1) is 19.0. The van der Waals surface area contributed by atoms with Crippen molar-refractivity contribution in [3.05, 3.63) is 72.9 Å². The van der Waals surface area contributed by atoms with Crippen molar-refractivity contribution in [2.24, 2.45) is 10.2 Å². The summed E-state index contributed by atoms with van der Waals surface area (Å²) in [6, 6.07) is 18.6. The summed E-state index contributed by atoms with van der Waals surface area (Å²) < 4.78 is 7.65. The van der Waals surface area contributed by atoms with Crippen molar-refractivity contribution in [1.82, 2.24) is 24.4 Å². The number of carbonyl (C=O) groups excluding carboxylic acids is 3. The number of benzene rings is 2. The van der Waals surface area contributed by atoms with Gasteiger partial charge in [-0.25, -0.2) is 14.3 Å². The number of rotatable bonds is 7. The summed E-state index contributed by atoms with van der Waals surface area (Å²) in [5, 5.41) is 21.4. The van der Waals surface area contributed by atoms with E-state index in [1.165, 1.54) is 9.13 Å². The third-order valence-corrected chi connectivity index (χ3v) is 5.82. The van der Waals surface area contributed by atoms with Crippen molar-refractivity contribution < 1.29 is 24.2 Å². The summed E-state index contributed by atoms with van der Waals surface area (Å²) in [5.41, 5.74) is 2.17. The first kappa shape index (κ1) is 25.3. The fraction of sp³-hybridized carbons (Fsp3) is 0.148. The van der Waals surface area contributed by atoms with Crippen LogP contribution in [0.1, 0.15) is 6.92 Å². The monoisotopic (exact) mass is 525 g/mol. The fourth-order valence-electron chi connectivity index (χ4n) is 4.14. The molecule has 3 aromatic heterocycles. The van der Waals surface area contributed by atoms with E-state index in [9.17, 15) is 19.5 Å². The van der Waals surface area contributed by atoms with Crippen LogP contribution < -0.4 is 5.32 Å². The molecule has 0 unspecified atom stereocenters. The number of hydrogen-bond acceptors (Lipinski definition) is 8.